The number of fused-ring (bicyclic) bond motifs is 1. The van der Waals surface area contributed by atoms with E-state index in [1.54, 1.807) is 24.0 Å². The minimum absolute atomic E-state index is 0.0165. The number of amides is 5. The molecule has 15 heteroatoms. The molecule has 5 amide bonds. The summed E-state index contributed by atoms with van der Waals surface area (Å²) in [6, 6.07) is 6.32. The van der Waals surface area contributed by atoms with Gasteiger partial charge in [-0.2, -0.15) is 0 Å². The van der Waals surface area contributed by atoms with Crippen LogP contribution in [0.15, 0.2) is 24.3 Å². The van der Waals surface area contributed by atoms with Gasteiger partial charge >= 0.3 is 0 Å². The van der Waals surface area contributed by atoms with Gasteiger partial charge in [0.15, 0.2) is 11.4 Å². The lowest BCUT2D eigenvalue weighted by atomic mass is 9.84. The Bertz CT molecular complexity index is 1910. The van der Waals surface area contributed by atoms with Crippen molar-refractivity contribution in [2.45, 2.75) is 118 Å². The van der Waals surface area contributed by atoms with Crippen LogP contribution in [0.4, 0.5) is 4.79 Å². The van der Waals surface area contributed by atoms with Crippen molar-refractivity contribution in [3.8, 4) is 17.2 Å². The molecule has 5 atom stereocenters. The topological polar surface area (TPSA) is 190 Å². The summed E-state index contributed by atoms with van der Waals surface area (Å²) in [5.41, 5.74) is 1.99. The number of imide groups is 1. The summed E-state index contributed by atoms with van der Waals surface area (Å²) in [4.78, 5) is 79.7. The number of carbonyl (C=O) groups excluding carboxylic acids is 6. The Morgan fingerprint density at radius 2 is 1.66 bits per heavy atom. The Labute approximate surface area is 352 Å². The number of hydrogen-bond acceptors (Lipinski definition) is 11. The smallest absolute Gasteiger partial charge is 0.286 e. The number of ketones is 1. The average molecular weight is 839 g/mol. The van der Waals surface area contributed by atoms with Gasteiger partial charge in [-0.25, -0.2) is 0 Å². The molecule has 0 radical (unpaired) electrons. The first kappa shape index (κ1) is 47.1. The van der Waals surface area contributed by atoms with Crippen LogP contribution in [-0.2, 0) is 41.6 Å². The Kier molecular flexibility index (Phi) is 15.6. The van der Waals surface area contributed by atoms with Crippen LogP contribution in [0.3, 0.4) is 0 Å². The van der Waals surface area contributed by atoms with Crippen molar-refractivity contribution < 1.29 is 48.1 Å². The second kappa shape index (κ2) is 19.6. The van der Waals surface area contributed by atoms with E-state index in [0.29, 0.717) is 42.7 Å². The standard InChI is InChI=1S/C44H62N4O10S/c1-24(2)22-32(38(51)46-37(40(53)45-11)43(7,8)9)36(28(6)49)57-21-19-48(18-20-56-30-14-12-29(13-15-30)23-33-39(52)47-42(55)59-33)41(54)44(10)17-16-31-27(5)34(50)25(3)26(4)35(31)58-44/h12-15,24,32-33,36-37,50H,16-23H2,1-11H3,(H,45,53)(H,46,51)(H,47,52,55)/t32?,33?,36?,37-,44?/m1/s1. The number of nitrogens with one attached hydrogen (secondary N) is 3. The zero-order valence-corrected chi connectivity index (χ0v) is 37.1. The third-order valence-electron chi connectivity index (χ3n) is 11.1. The molecule has 4 N–H and O–H groups in total. The summed E-state index contributed by atoms with van der Waals surface area (Å²) in [6.45, 7) is 18.2. The molecule has 1 fully saturated rings. The molecule has 0 spiro atoms. The highest BCUT2D eigenvalue weighted by molar-refractivity contribution is 8.15. The molecule has 0 aliphatic carbocycles. The fourth-order valence-corrected chi connectivity index (χ4v) is 8.40. The number of carbonyl (C=O) groups is 6. The predicted octanol–water partition coefficient (Wildman–Crippen LogP) is 5.12. The maximum Gasteiger partial charge on any atom is 0.286 e. The molecule has 2 aromatic carbocycles. The molecule has 2 aliphatic heterocycles. The van der Waals surface area contributed by atoms with Crippen LogP contribution in [0.5, 0.6) is 17.2 Å². The number of Topliss-reactive ketones (excluding diaryl/α,β-unsaturated/α-hetero) is 1. The summed E-state index contributed by atoms with van der Waals surface area (Å²) in [6.07, 6.45) is 0.411. The Morgan fingerprint density at radius 3 is 2.22 bits per heavy atom. The fraction of sp³-hybridized carbons (Fsp3) is 0.591. The second-order valence-corrected chi connectivity index (χ2v) is 18.5. The van der Waals surface area contributed by atoms with Gasteiger partial charge in [0.05, 0.1) is 24.3 Å². The molecule has 14 nitrogen and oxygen atoms in total. The van der Waals surface area contributed by atoms with E-state index in [2.05, 4.69) is 16.0 Å². The van der Waals surface area contributed by atoms with Crippen molar-refractivity contribution in [3.63, 3.8) is 0 Å². The van der Waals surface area contributed by atoms with Gasteiger partial charge in [0.1, 0.15) is 36.0 Å². The molecule has 0 saturated carbocycles. The maximum absolute atomic E-state index is 14.6. The monoisotopic (exact) mass is 838 g/mol. The van der Waals surface area contributed by atoms with E-state index in [9.17, 15) is 33.9 Å². The van der Waals surface area contributed by atoms with Crippen molar-refractivity contribution in [1.82, 2.24) is 20.9 Å². The molecule has 0 bridgehead atoms. The zero-order valence-electron chi connectivity index (χ0n) is 36.3. The van der Waals surface area contributed by atoms with E-state index in [-0.39, 0.29) is 66.7 Å². The van der Waals surface area contributed by atoms with Crippen LogP contribution < -0.4 is 25.4 Å². The highest BCUT2D eigenvalue weighted by atomic mass is 32.2. The van der Waals surface area contributed by atoms with Crippen molar-refractivity contribution in [2.75, 3.05) is 33.4 Å². The number of aromatic hydroxyl groups is 1. The average Bonchev–Trinajstić information content (AvgIpc) is 3.49. The summed E-state index contributed by atoms with van der Waals surface area (Å²) in [7, 11) is 1.50. The van der Waals surface area contributed by atoms with E-state index < -0.39 is 40.2 Å². The number of nitrogens with zero attached hydrogens (tertiary/aromatic N) is 1. The molecule has 1 saturated heterocycles. The van der Waals surface area contributed by atoms with Gasteiger partial charge < -0.3 is 34.9 Å². The van der Waals surface area contributed by atoms with E-state index in [1.807, 2.05) is 67.5 Å². The number of likely N-dealkylation sites (N-methyl/N-ethyl adjacent to an activating group) is 1. The number of hydrogen-bond donors (Lipinski definition) is 4. The molecule has 4 unspecified atom stereocenters. The maximum atomic E-state index is 14.6. The van der Waals surface area contributed by atoms with E-state index in [1.165, 1.54) is 14.0 Å². The normalized spacial score (nSPS) is 19.2. The molecule has 59 heavy (non-hydrogen) atoms. The fourth-order valence-electron chi connectivity index (χ4n) is 7.54. The van der Waals surface area contributed by atoms with Gasteiger partial charge in [0.25, 0.3) is 11.1 Å². The van der Waals surface area contributed by atoms with Gasteiger partial charge in [0.2, 0.25) is 17.7 Å². The second-order valence-electron chi connectivity index (χ2n) is 17.3. The summed E-state index contributed by atoms with van der Waals surface area (Å²) >= 11 is 0.969. The minimum atomic E-state index is -1.27. The van der Waals surface area contributed by atoms with Gasteiger partial charge in [-0.3, -0.25) is 34.1 Å². The van der Waals surface area contributed by atoms with Crippen molar-refractivity contribution in [1.29, 1.82) is 0 Å². The molecule has 2 aromatic rings. The summed E-state index contributed by atoms with van der Waals surface area (Å²) < 4.78 is 18.9. The molecular formula is C44H62N4O10S. The number of phenolic OH excluding ortho intramolecular Hbond substituents is 1. The lowest BCUT2D eigenvalue weighted by molar-refractivity contribution is -0.152. The SMILES string of the molecule is CNC(=O)[C@@H](NC(=O)C(CC(C)C)C(OCCN(CCOc1ccc(CC2SC(=O)NC2=O)cc1)C(=O)C1(C)CCc2c(C)c(O)c(C)c(C)c2O1)C(C)=O)C(C)(C)C. The number of thioether (sulfide) groups is 1. The first-order valence-corrected chi connectivity index (χ1v) is 21.1. The highest BCUT2D eigenvalue weighted by Crippen LogP contribution is 2.43. The third kappa shape index (κ3) is 11.6. The first-order valence-electron chi connectivity index (χ1n) is 20.2. The van der Waals surface area contributed by atoms with E-state index >= 15 is 0 Å². The van der Waals surface area contributed by atoms with Gasteiger partial charge in [0, 0.05) is 25.6 Å². The number of phenols is 1. The predicted molar refractivity (Wildman–Crippen MR) is 226 cm³/mol. The minimum Gasteiger partial charge on any atom is -0.507 e. The van der Waals surface area contributed by atoms with Crippen LogP contribution >= 0.6 is 11.8 Å². The number of rotatable bonds is 18. The largest absolute Gasteiger partial charge is 0.507 e. The Balaban J connectivity index is 1.54. The van der Waals surface area contributed by atoms with Crippen molar-refractivity contribution >= 4 is 46.4 Å². The van der Waals surface area contributed by atoms with Crippen molar-refractivity contribution in [2.24, 2.45) is 17.3 Å². The van der Waals surface area contributed by atoms with Crippen LogP contribution in [0.2, 0.25) is 0 Å². The van der Waals surface area contributed by atoms with Gasteiger partial charge in [-0.05, 0) is 99.6 Å². The van der Waals surface area contributed by atoms with Crippen LogP contribution in [-0.4, -0.2) is 101 Å². The summed E-state index contributed by atoms with van der Waals surface area (Å²) in [5.74, 6) is -1.35. The lowest BCUT2D eigenvalue weighted by Gasteiger charge is -2.40. The highest BCUT2D eigenvalue weighted by Gasteiger charge is 2.44. The molecule has 2 aliphatic rings. The van der Waals surface area contributed by atoms with E-state index in [4.69, 9.17) is 14.2 Å². The number of benzene rings is 2. The third-order valence-corrected chi connectivity index (χ3v) is 12.1. The van der Waals surface area contributed by atoms with Crippen molar-refractivity contribution in [3.05, 3.63) is 52.1 Å². The van der Waals surface area contributed by atoms with Gasteiger partial charge in [-0.15, -0.1) is 0 Å². The molecule has 324 valence electrons. The molecule has 2 heterocycles. The molecule has 0 aromatic heterocycles. The Hall–Kier alpha value is -4.63. The first-order chi connectivity index (χ1) is 27.6. The Morgan fingerprint density at radius 1 is 1.02 bits per heavy atom. The lowest BCUT2D eigenvalue weighted by Crippen LogP contribution is -2.56. The quantitative estimate of drug-likeness (QED) is 0.156. The summed E-state index contributed by atoms with van der Waals surface area (Å²) in [5, 5.41) is 17.7. The zero-order chi connectivity index (χ0) is 44.0. The molecular weight excluding hydrogens is 777 g/mol. The van der Waals surface area contributed by atoms with Crippen LogP contribution in [0.1, 0.15) is 89.1 Å². The van der Waals surface area contributed by atoms with E-state index in [0.717, 1.165) is 34.0 Å². The van der Waals surface area contributed by atoms with Gasteiger partial charge in [-0.1, -0.05) is 58.5 Å². The van der Waals surface area contributed by atoms with Crippen LogP contribution in [0.25, 0.3) is 0 Å². The number of ether oxygens (including phenoxy) is 3. The molecule has 4 rings (SSSR count). The van der Waals surface area contributed by atoms with Crippen LogP contribution in [0, 0.1) is 38.0 Å².